The first-order valence-corrected chi connectivity index (χ1v) is 6.57. The van der Waals surface area contributed by atoms with Crippen LogP contribution in [0.3, 0.4) is 0 Å². The van der Waals surface area contributed by atoms with Crippen LogP contribution in [0.5, 0.6) is 0 Å². The maximum Gasteiger partial charge on any atom is 0.306 e. The molecule has 1 heterocycles. The average molecular weight is 272 g/mol. The summed E-state index contributed by atoms with van der Waals surface area (Å²) in [4.78, 5) is 24.4. The number of carbonyl (C=O) groups excluding carboxylic acids is 1. The zero-order valence-electron chi connectivity index (χ0n) is 11.9. The molecule has 0 aliphatic carbocycles. The summed E-state index contributed by atoms with van der Waals surface area (Å²) in [6.07, 6.45) is -0.209. The second kappa shape index (κ2) is 6.34. The van der Waals surface area contributed by atoms with E-state index in [1.54, 1.807) is 4.90 Å². The second-order valence-corrected chi connectivity index (χ2v) is 6.11. The summed E-state index contributed by atoms with van der Waals surface area (Å²) in [6, 6.07) is -0.208. The minimum absolute atomic E-state index is 0.0267. The van der Waals surface area contributed by atoms with Crippen LogP contribution in [0.2, 0.25) is 0 Å². The van der Waals surface area contributed by atoms with Gasteiger partial charge >= 0.3 is 5.97 Å². The van der Waals surface area contributed by atoms with Crippen molar-refractivity contribution in [1.82, 2.24) is 4.90 Å². The zero-order valence-corrected chi connectivity index (χ0v) is 11.9. The first-order chi connectivity index (χ1) is 8.70. The number of carbonyl (C=O) groups is 2. The van der Waals surface area contributed by atoms with E-state index in [0.717, 1.165) is 0 Å². The van der Waals surface area contributed by atoms with Gasteiger partial charge in [-0.25, -0.2) is 0 Å². The van der Waals surface area contributed by atoms with E-state index in [2.05, 4.69) is 0 Å². The van der Waals surface area contributed by atoms with Gasteiger partial charge < -0.3 is 20.5 Å². The summed E-state index contributed by atoms with van der Waals surface area (Å²) in [5.74, 6) is -0.938. The minimum Gasteiger partial charge on any atom is -0.481 e. The highest BCUT2D eigenvalue weighted by Crippen LogP contribution is 2.21. The van der Waals surface area contributed by atoms with Gasteiger partial charge in [-0.15, -0.1) is 0 Å². The molecule has 0 aromatic rings. The van der Waals surface area contributed by atoms with Crippen LogP contribution in [0.15, 0.2) is 0 Å². The first-order valence-electron chi connectivity index (χ1n) is 6.57. The van der Waals surface area contributed by atoms with Crippen molar-refractivity contribution in [2.75, 3.05) is 19.7 Å². The van der Waals surface area contributed by atoms with E-state index < -0.39 is 12.1 Å². The summed E-state index contributed by atoms with van der Waals surface area (Å²) >= 11 is 0. The van der Waals surface area contributed by atoms with E-state index in [4.69, 9.17) is 15.6 Å². The highest BCUT2D eigenvalue weighted by molar-refractivity contribution is 5.77. The highest BCUT2D eigenvalue weighted by Gasteiger charge is 2.29. The Bertz CT molecular complexity index is 338. The minimum atomic E-state index is -0.911. The largest absolute Gasteiger partial charge is 0.481 e. The molecule has 0 aromatic heterocycles. The fourth-order valence-electron chi connectivity index (χ4n) is 1.89. The Hall–Kier alpha value is -1.14. The monoisotopic (exact) mass is 272 g/mol. The number of hydrogen-bond donors (Lipinski definition) is 2. The number of morpholine rings is 1. The van der Waals surface area contributed by atoms with Gasteiger partial charge in [0.05, 0.1) is 19.1 Å². The van der Waals surface area contributed by atoms with Gasteiger partial charge in [0.15, 0.2) is 0 Å². The molecule has 1 amide bonds. The number of aliphatic carboxylic acids is 1. The molecule has 1 aliphatic heterocycles. The summed E-state index contributed by atoms with van der Waals surface area (Å²) in [6.45, 7) is 7.22. The molecule has 1 rings (SSSR count). The predicted molar refractivity (Wildman–Crippen MR) is 70.6 cm³/mol. The van der Waals surface area contributed by atoms with E-state index in [1.165, 1.54) is 0 Å². The van der Waals surface area contributed by atoms with Crippen LogP contribution < -0.4 is 5.73 Å². The molecule has 2 atom stereocenters. The molecule has 19 heavy (non-hydrogen) atoms. The normalized spacial score (nSPS) is 22.1. The number of carboxylic acids is 1. The molecule has 6 heteroatoms. The van der Waals surface area contributed by atoms with E-state index in [-0.39, 0.29) is 30.2 Å². The van der Waals surface area contributed by atoms with E-state index >= 15 is 0 Å². The quantitative estimate of drug-likeness (QED) is 0.775. The lowest BCUT2D eigenvalue weighted by molar-refractivity contribution is -0.148. The van der Waals surface area contributed by atoms with Crippen LogP contribution in [0.25, 0.3) is 0 Å². The SMILES string of the molecule is CC(C)(C)C(N)CC(=O)N1CCOC(CC(=O)O)C1. The van der Waals surface area contributed by atoms with Gasteiger partial charge in [0.2, 0.25) is 5.91 Å². The second-order valence-electron chi connectivity index (χ2n) is 6.11. The van der Waals surface area contributed by atoms with Crippen LogP contribution in [0, 0.1) is 5.41 Å². The first kappa shape index (κ1) is 15.9. The van der Waals surface area contributed by atoms with Crippen molar-refractivity contribution in [2.45, 2.75) is 45.8 Å². The maximum absolute atomic E-state index is 12.1. The molecule has 0 bridgehead atoms. The summed E-state index contributed by atoms with van der Waals surface area (Å²) in [5.41, 5.74) is 5.88. The molecule has 0 aromatic carbocycles. The van der Waals surface area contributed by atoms with Gasteiger partial charge in [-0.05, 0) is 5.41 Å². The van der Waals surface area contributed by atoms with Crippen LogP contribution in [0.1, 0.15) is 33.6 Å². The van der Waals surface area contributed by atoms with Crippen molar-refractivity contribution in [2.24, 2.45) is 11.1 Å². The number of nitrogens with two attached hydrogens (primary N) is 1. The van der Waals surface area contributed by atoms with Crippen LogP contribution >= 0.6 is 0 Å². The summed E-state index contributed by atoms with van der Waals surface area (Å²) in [5, 5.41) is 8.74. The zero-order chi connectivity index (χ0) is 14.6. The molecule has 1 saturated heterocycles. The molecular formula is C13H24N2O4. The van der Waals surface area contributed by atoms with Gasteiger partial charge in [-0.3, -0.25) is 9.59 Å². The maximum atomic E-state index is 12.1. The highest BCUT2D eigenvalue weighted by atomic mass is 16.5. The Morgan fingerprint density at radius 3 is 2.63 bits per heavy atom. The number of carboxylic acid groups (broad SMARTS) is 1. The molecule has 1 aliphatic rings. The standard InChI is InChI=1S/C13H24N2O4/c1-13(2,3)10(14)7-11(16)15-4-5-19-9(8-15)6-12(17)18/h9-10H,4-8,14H2,1-3H3,(H,17,18). The van der Waals surface area contributed by atoms with Crippen molar-refractivity contribution >= 4 is 11.9 Å². The lowest BCUT2D eigenvalue weighted by Gasteiger charge is -2.34. The third-order valence-corrected chi connectivity index (χ3v) is 3.40. The Labute approximate surface area is 113 Å². The number of nitrogens with zero attached hydrogens (tertiary/aromatic N) is 1. The smallest absolute Gasteiger partial charge is 0.306 e. The molecule has 1 fully saturated rings. The van der Waals surface area contributed by atoms with E-state index in [1.807, 2.05) is 20.8 Å². The fourth-order valence-corrected chi connectivity index (χ4v) is 1.89. The van der Waals surface area contributed by atoms with Crippen LogP contribution in [-0.4, -0.2) is 53.7 Å². The summed E-state index contributed by atoms with van der Waals surface area (Å²) < 4.78 is 5.34. The number of hydrogen-bond acceptors (Lipinski definition) is 4. The third-order valence-electron chi connectivity index (χ3n) is 3.40. The third kappa shape index (κ3) is 5.16. The van der Waals surface area contributed by atoms with Crippen molar-refractivity contribution < 1.29 is 19.4 Å². The lowest BCUT2D eigenvalue weighted by Crippen LogP contribution is -2.49. The van der Waals surface area contributed by atoms with Crippen molar-refractivity contribution in [3.05, 3.63) is 0 Å². The molecule has 6 nitrogen and oxygen atoms in total. The summed E-state index contributed by atoms with van der Waals surface area (Å²) in [7, 11) is 0. The van der Waals surface area contributed by atoms with E-state index in [9.17, 15) is 9.59 Å². The van der Waals surface area contributed by atoms with Gasteiger partial charge in [0.1, 0.15) is 0 Å². The van der Waals surface area contributed by atoms with Gasteiger partial charge in [-0.2, -0.15) is 0 Å². The van der Waals surface area contributed by atoms with Crippen LogP contribution in [-0.2, 0) is 14.3 Å². The number of ether oxygens (including phenoxy) is 1. The molecule has 110 valence electrons. The van der Waals surface area contributed by atoms with Crippen molar-refractivity contribution in [3.8, 4) is 0 Å². The predicted octanol–water partition coefficient (Wildman–Crippen LogP) is 0.452. The Kier molecular flexibility index (Phi) is 5.31. The number of rotatable bonds is 4. The Morgan fingerprint density at radius 2 is 2.11 bits per heavy atom. The van der Waals surface area contributed by atoms with Crippen LogP contribution in [0.4, 0.5) is 0 Å². The Morgan fingerprint density at radius 1 is 1.47 bits per heavy atom. The lowest BCUT2D eigenvalue weighted by atomic mass is 9.85. The van der Waals surface area contributed by atoms with Crippen molar-refractivity contribution in [1.29, 1.82) is 0 Å². The molecule has 0 radical (unpaired) electrons. The molecule has 0 spiro atoms. The van der Waals surface area contributed by atoms with Gasteiger partial charge in [-0.1, -0.05) is 20.8 Å². The number of amides is 1. The average Bonchev–Trinajstić information content (AvgIpc) is 2.27. The molecule has 3 N–H and O–H groups in total. The fraction of sp³-hybridized carbons (Fsp3) is 0.846. The Balaban J connectivity index is 2.50. The van der Waals surface area contributed by atoms with E-state index in [0.29, 0.717) is 19.7 Å². The molecule has 0 saturated carbocycles. The molecular weight excluding hydrogens is 248 g/mol. The van der Waals surface area contributed by atoms with Gasteiger partial charge in [0.25, 0.3) is 0 Å². The van der Waals surface area contributed by atoms with Crippen molar-refractivity contribution in [3.63, 3.8) is 0 Å². The topological polar surface area (TPSA) is 92.9 Å². The molecule has 2 unspecified atom stereocenters. The van der Waals surface area contributed by atoms with Gasteiger partial charge in [0, 0.05) is 25.6 Å².